The average Bonchev–Trinajstić information content (AvgIpc) is 2.21. The summed E-state index contributed by atoms with van der Waals surface area (Å²) in [6, 6.07) is 1.94. The first-order valence-electron chi connectivity index (χ1n) is 4.90. The fourth-order valence-electron chi connectivity index (χ4n) is 1.20. The van der Waals surface area contributed by atoms with Crippen molar-refractivity contribution in [3.8, 4) is 0 Å². The van der Waals surface area contributed by atoms with E-state index in [0.717, 1.165) is 10.4 Å². The molecule has 0 aliphatic heterocycles. The molecule has 1 rings (SSSR count). The quantitative estimate of drug-likeness (QED) is 0.863. The molecule has 96 valence electrons. The number of nitrogen functional groups attached to an aromatic ring is 1. The molecule has 7 heteroatoms. The molecule has 0 aliphatic rings. The van der Waals surface area contributed by atoms with Crippen LogP contribution in [0.25, 0.3) is 0 Å². The summed E-state index contributed by atoms with van der Waals surface area (Å²) in [5.41, 5.74) is 5.07. The van der Waals surface area contributed by atoms with E-state index in [9.17, 15) is 12.8 Å². The summed E-state index contributed by atoms with van der Waals surface area (Å²) < 4.78 is 38.9. The number of hydrogen-bond acceptors (Lipinski definition) is 3. The van der Waals surface area contributed by atoms with Gasteiger partial charge >= 0.3 is 0 Å². The summed E-state index contributed by atoms with van der Waals surface area (Å²) in [6.07, 6.45) is 0. The van der Waals surface area contributed by atoms with Crippen LogP contribution in [0.2, 0.25) is 5.02 Å². The standard InChI is InChI=1S/C10H14ClFN2O2S/c1-6(2)14(3)17(15,16)9-5-7(11)4-8(13)10(9)12/h4-6H,13H2,1-3H3. The number of nitrogens with two attached hydrogens (primary N) is 1. The van der Waals surface area contributed by atoms with Gasteiger partial charge in [0.15, 0.2) is 5.82 Å². The Kier molecular flexibility index (Phi) is 4.01. The molecule has 2 N–H and O–H groups in total. The number of benzene rings is 1. The zero-order valence-electron chi connectivity index (χ0n) is 9.74. The van der Waals surface area contributed by atoms with Crippen LogP contribution in [0.1, 0.15) is 13.8 Å². The van der Waals surface area contributed by atoms with E-state index in [1.54, 1.807) is 13.8 Å². The van der Waals surface area contributed by atoms with E-state index in [1.165, 1.54) is 13.1 Å². The van der Waals surface area contributed by atoms with Gasteiger partial charge in [0.05, 0.1) is 5.69 Å². The first-order valence-corrected chi connectivity index (χ1v) is 6.72. The minimum atomic E-state index is -3.92. The van der Waals surface area contributed by atoms with Crippen LogP contribution in [0.5, 0.6) is 0 Å². The van der Waals surface area contributed by atoms with E-state index in [2.05, 4.69) is 0 Å². The molecular weight excluding hydrogens is 267 g/mol. The summed E-state index contributed by atoms with van der Waals surface area (Å²) in [5.74, 6) is -0.970. The second kappa shape index (κ2) is 4.80. The molecule has 0 spiro atoms. The van der Waals surface area contributed by atoms with Gasteiger partial charge in [-0.3, -0.25) is 0 Å². The molecule has 0 bridgehead atoms. The van der Waals surface area contributed by atoms with Gasteiger partial charge in [-0.2, -0.15) is 4.31 Å². The smallest absolute Gasteiger partial charge is 0.246 e. The molecule has 0 fully saturated rings. The Morgan fingerprint density at radius 2 is 1.94 bits per heavy atom. The van der Waals surface area contributed by atoms with Gasteiger partial charge in [0.25, 0.3) is 0 Å². The van der Waals surface area contributed by atoms with Crippen molar-refractivity contribution in [2.24, 2.45) is 0 Å². The Hall–Kier alpha value is -0.850. The molecule has 0 aliphatic carbocycles. The Morgan fingerprint density at radius 1 is 1.41 bits per heavy atom. The molecule has 0 heterocycles. The van der Waals surface area contributed by atoms with Crippen molar-refractivity contribution < 1.29 is 12.8 Å². The molecule has 0 amide bonds. The molecule has 1 aromatic carbocycles. The number of nitrogens with zero attached hydrogens (tertiary/aromatic N) is 1. The molecule has 17 heavy (non-hydrogen) atoms. The number of hydrogen-bond donors (Lipinski definition) is 1. The zero-order valence-corrected chi connectivity index (χ0v) is 11.3. The monoisotopic (exact) mass is 280 g/mol. The first-order chi connectivity index (χ1) is 7.67. The van der Waals surface area contributed by atoms with Gasteiger partial charge in [0.2, 0.25) is 10.0 Å². The fourth-order valence-corrected chi connectivity index (χ4v) is 2.98. The molecule has 0 saturated carbocycles. The highest BCUT2D eigenvalue weighted by atomic mass is 35.5. The lowest BCUT2D eigenvalue weighted by Crippen LogP contribution is -2.33. The molecule has 0 radical (unpaired) electrons. The van der Waals surface area contributed by atoms with Crippen LogP contribution in [0.4, 0.5) is 10.1 Å². The van der Waals surface area contributed by atoms with Gasteiger partial charge in [-0.1, -0.05) is 11.6 Å². The van der Waals surface area contributed by atoms with Gasteiger partial charge in [-0.25, -0.2) is 12.8 Å². The lowest BCUT2D eigenvalue weighted by Gasteiger charge is -2.21. The highest BCUT2D eigenvalue weighted by Crippen LogP contribution is 2.27. The van der Waals surface area contributed by atoms with Gasteiger partial charge < -0.3 is 5.73 Å². The van der Waals surface area contributed by atoms with Crippen LogP contribution < -0.4 is 5.73 Å². The van der Waals surface area contributed by atoms with Crippen LogP contribution in [-0.2, 0) is 10.0 Å². The lowest BCUT2D eigenvalue weighted by atomic mass is 10.3. The van der Waals surface area contributed by atoms with Crippen LogP contribution in [0, 0.1) is 5.82 Å². The minimum Gasteiger partial charge on any atom is -0.396 e. The lowest BCUT2D eigenvalue weighted by molar-refractivity contribution is 0.407. The second-order valence-corrected chi connectivity index (χ2v) is 6.32. The molecule has 0 atom stereocenters. The third-order valence-electron chi connectivity index (χ3n) is 2.42. The minimum absolute atomic E-state index is 0.0830. The van der Waals surface area contributed by atoms with Crippen LogP contribution >= 0.6 is 11.6 Å². The highest BCUT2D eigenvalue weighted by molar-refractivity contribution is 7.89. The summed E-state index contributed by atoms with van der Waals surface area (Å²) in [7, 11) is -2.55. The van der Waals surface area contributed by atoms with Gasteiger partial charge in [-0.15, -0.1) is 0 Å². The molecule has 0 unspecified atom stereocenters. The molecule has 0 saturated heterocycles. The predicted molar refractivity (Wildman–Crippen MR) is 65.9 cm³/mol. The fraction of sp³-hybridized carbons (Fsp3) is 0.400. The van der Waals surface area contributed by atoms with Crippen LogP contribution in [0.3, 0.4) is 0 Å². The number of halogens is 2. The second-order valence-electron chi connectivity index (χ2n) is 3.92. The van der Waals surface area contributed by atoms with E-state index in [4.69, 9.17) is 17.3 Å². The maximum Gasteiger partial charge on any atom is 0.246 e. The summed E-state index contributed by atoms with van der Waals surface area (Å²) >= 11 is 5.68. The van der Waals surface area contributed by atoms with E-state index < -0.39 is 20.7 Å². The SMILES string of the molecule is CC(C)N(C)S(=O)(=O)c1cc(Cl)cc(N)c1F. The Labute approximate surface area is 105 Å². The Bertz CT molecular complexity index is 531. The van der Waals surface area contributed by atoms with E-state index in [1.807, 2.05) is 0 Å². The average molecular weight is 281 g/mol. The molecule has 0 aromatic heterocycles. The predicted octanol–water partition coefficient (Wildman–Crippen LogP) is 2.09. The van der Waals surface area contributed by atoms with Gasteiger partial charge in [0, 0.05) is 18.1 Å². The largest absolute Gasteiger partial charge is 0.396 e. The number of sulfonamides is 1. The number of anilines is 1. The van der Waals surface area contributed by atoms with Gasteiger partial charge in [-0.05, 0) is 26.0 Å². The van der Waals surface area contributed by atoms with Crippen molar-refractivity contribution in [1.29, 1.82) is 0 Å². The summed E-state index contributed by atoms with van der Waals surface area (Å²) in [4.78, 5) is -0.501. The van der Waals surface area contributed by atoms with Crippen molar-refractivity contribution in [2.75, 3.05) is 12.8 Å². The molecular formula is C10H14ClFN2O2S. The topological polar surface area (TPSA) is 63.4 Å². The molecule has 1 aromatic rings. The van der Waals surface area contributed by atoms with Gasteiger partial charge in [0.1, 0.15) is 4.90 Å². The van der Waals surface area contributed by atoms with Crippen molar-refractivity contribution >= 4 is 27.3 Å². The van der Waals surface area contributed by atoms with E-state index >= 15 is 0 Å². The van der Waals surface area contributed by atoms with Crippen molar-refractivity contribution in [2.45, 2.75) is 24.8 Å². The highest BCUT2D eigenvalue weighted by Gasteiger charge is 2.27. The van der Waals surface area contributed by atoms with Crippen molar-refractivity contribution in [3.63, 3.8) is 0 Å². The zero-order chi connectivity index (χ0) is 13.4. The Morgan fingerprint density at radius 3 is 2.41 bits per heavy atom. The van der Waals surface area contributed by atoms with Crippen LogP contribution in [-0.4, -0.2) is 25.8 Å². The third-order valence-corrected chi connectivity index (χ3v) is 4.67. The summed E-state index contributed by atoms with van der Waals surface area (Å²) in [6.45, 7) is 3.37. The maximum atomic E-state index is 13.7. The van der Waals surface area contributed by atoms with Crippen LogP contribution in [0.15, 0.2) is 17.0 Å². The maximum absolute atomic E-state index is 13.7. The Balaban J connectivity index is 3.44. The third kappa shape index (κ3) is 2.70. The number of rotatable bonds is 3. The van der Waals surface area contributed by atoms with Crippen molar-refractivity contribution in [1.82, 2.24) is 4.31 Å². The summed E-state index contributed by atoms with van der Waals surface area (Å²) in [5, 5.41) is 0.0830. The van der Waals surface area contributed by atoms with Crippen molar-refractivity contribution in [3.05, 3.63) is 23.0 Å². The molecule has 4 nitrogen and oxygen atoms in total. The van der Waals surface area contributed by atoms with E-state index in [0.29, 0.717) is 0 Å². The van der Waals surface area contributed by atoms with E-state index in [-0.39, 0.29) is 16.8 Å². The first kappa shape index (κ1) is 14.2. The normalized spacial score (nSPS) is 12.4.